The molecule has 1 aliphatic rings. The van der Waals surface area contributed by atoms with Gasteiger partial charge in [-0.25, -0.2) is 0 Å². The van der Waals surface area contributed by atoms with E-state index in [9.17, 15) is 15.2 Å². The second-order valence-corrected chi connectivity index (χ2v) is 4.63. The molecule has 0 radical (unpaired) electrons. The number of hydrogen-bond acceptors (Lipinski definition) is 5. The average molecular weight is 251 g/mol. The first-order valence-electron chi connectivity index (χ1n) is 5.96. The number of rotatable bonds is 5. The molecule has 0 atom stereocenters. The van der Waals surface area contributed by atoms with Gasteiger partial charge in [-0.3, -0.25) is 10.1 Å². The third-order valence-corrected chi connectivity index (χ3v) is 3.50. The molecule has 0 aliphatic heterocycles. The Labute approximate surface area is 105 Å². The van der Waals surface area contributed by atoms with E-state index in [-0.39, 0.29) is 12.3 Å². The van der Waals surface area contributed by atoms with Crippen molar-refractivity contribution in [3.8, 4) is 0 Å². The molecule has 1 aliphatic carbocycles. The summed E-state index contributed by atoms with van der Waals surface area (Å²) in [6.45, 7) is -0.00602. The quantitative estimate of drug-likeness (QED) is 0.550. The van der Waals surface area contributed by atoms with Gasteiger partial charge in [0.05, 0.1) is 17.1 Å². The third kappa shape index (κ3) is 2.11. The molecule has 6 heteroatoms. The molecule has 3 N–H and O–H groups in total. The van der Waals surface area contributed by atoms with E-state index in [1.807, 2.05) is 0 Å². The zero-order valence-corrected chi connectivity index (χ0v) is 10.3. The molecule has 98 valence electrons. The van der Waals surface area contributed by atoms with Gasteiger partial charge in [-0.05, 0) is 31.4 Å². The lowest BCUT2D eigenvalue weighted by Gasteiger charge is -2.41. The van der Waals surface area contributed by atoms with Crippen molar-refractivity contribution in [2.24, 2.45) is 0 Å². The van der Waals surface area contributed by atoms with Crippen LogP contribution in [-0.4, -0.2) is 29.2 Å². The van der Waals surface area contributed by atoms with Gasteiger partial charge in [0.25, 0.3) is 0 Å². The Kier molecular flexibility index (Phi) is 3.38. The maximum absolute atomic E-state index is 11.1. The fraction of sp³-hybridized carbons (Fsp3) is 0.500. The molecule has 1 aromatic rings. The Balaban J connectivity index is 2.35. The Morgan fingerprint density at radius 1 is 1.44 bits per heavy atom. The van der Waals surface area contributed by atoms with Crippen molar-refractivity contribution in [2.45, 2.75) is 24.8 Å². The maximum Gasteiger partial charge on any atom is 0.315 e. The van der Waals surface area contributed by atoms with E-state index < -0.39 is 10.5 Å². The van der Waals surface area contributed by atoms with Crippen molar-refractivity contribution in [3.63, 3.8) is 0 Å². The van der Waals surface area contributed by atoms with Crippen LogP contribution in [0.25, 0.3) is 0 Å². The van der Waals surface area contributed by atoms with E-state index in [4.69, 9.17) is 0 Å². The molecule has 1 saturated carbocycles. The predicted molar refractivity (Wildman–Crippen MR) is 69.9 cm³/mol. The number of aliphatic hydroxyl groups excluding tert-OH is 1. The SMILES string of the molecule is CNc1cccc(NC2(CO)CCC2)c1[N+](=O)[O-]. The van der Waals surface area contributed by atoms with Crippen molar-refractivity contribution in [3.05, 3.63) is 28.3 Å². The number of benzene rings is 1. The normalized spacial score (nSPS) is 16.8. The lowest BCUT2D eigenvalue weighted by atomic mass is 9.77. The summed E-state index contributed by atoms with van der Waals surface area (Å²) in [5.74, 6) is 0. The molecule has 0 spiro atoms. The molecule has 18 heavy (non-hydrogen) atoms. The van der Waals surface area contributed by atoms with Crippen LogP contribution in [0.1, 0.15) is 19.3 Å². The number of nitrogens with zero attached hydrogens (tertiary/aromatic N) is 1. The highest BCUT2D eigenvalue weighted by molar-refractivity contribution is 5.76. The monoisotopic (exact) mass is 251 g/mol. The second-order valence-electron chi connectivity index (χ2n) is 4.63. The van der Waals surface area contributed by atoms with Gasteiger partial charge in [-0.15, -0.1) is 0 Å². The highest BCUT2D eigenvalue weighted by atomic mass is 16.6. The van der Waals surface area contributed by atoms with Crippen molar-refractivity contribution in [2.75, 3.05) is 24.3 Å². The summed E-state index contributed by atoms with van der Waals surface area (Å²) in [6, 6.07) is 5.09. The number of hydrogen-bond donors (Lipinski definition) is 3. The van der Waals surface area contributed by atoms with Crippen molar-refractivity contribution < 1.29 is 10.0 Å². The van der Waals surface area contributed by atoms with Crippen molar-refractivity contribution in [1.82, 2.24) is 0 Å². The lowest BCUT2D eigenvalue weighted by molar-refractivity contribution is -0.383. The molecule has 2 rings (SSSR count). The van der Waals surface area contributed by atoms with E-state index in [1.165, 1.54) is 0 Å². The standard InChI is InChI=1S/C12H17N3O3/c1-13-9-4-2-5-10(11(9)15(17)18)14-12(8-16)6-3-7-12/h2,4-5,13-14,16H,3,6-8H2,1H3. The van der Waals surface area contributed by atoms with Crippen LogP contribution < -0.4 is 10.6 Å². The first-order chi connectivity index (χ1) is 8.62. The molecule has 0 aromatic heterocycles. The topological polar surface area (TPSA) is 87.4 Å². The predicted octanol–water partition coefficient (Wildman–Crippen LogP) is 1.96. The molecule has 0 unspecified atom stereocenters. The maximum atomic E-state index is 11.1. The molecule has 0 saturated heterocycles. The number of para-hydroxylation sites is 1. The van der Waals surface area contributed by atoms with Gasteiger partial charge < -0.3 is 15.7 Å². The average Bonchev–Trinajstić information content (AvgIpc) is 2.33. The molecule has 6 nitrogen and oxygen atoms in total. The van der Waals surface area contributed by atoms with Crippen LogP contribution in [0.5, 0.6) is 0 Å². The van der Waals surface area contributed by atoms with E-state index in [2.05, 4.69) is 10.6 Å². The molecule has 0 amide bonds. The Morgan fingerprint density at radius 2 is 2.11 bits per heavy atom. The van der Waals surface area contributed by atoms with E-state index >= 15 is 0 Å². The van der Waals surface area contributed by atoms with Gasteiger partial charge in [-0.2, -0.15) is 0 Å². The van der Waals surface area contributed by atoms with Gasteiger partial charge in [-0.1, -0.05) is 6.07 Å². The summed E-state index contributed by atoms with van der Waals surface area (Å²) < 4.78 is 0. The summed E-state index contributed by atoms with van der Waals surface area (Å²) in [4.78, 5) is 10.7. The molecular weight excluding hydrogens is 234 g/mol. The van der Waals surface area contributed by atoms with Gasteiger partial charge in [0.1, 0.15) is 11.4 Å². The molecule has 1 fully saturated rings. The zero-order chi connectivity index (χ0) is 13.2. The van der Waals surface area contributed by atoms with E-state index in [1.54, 1.807) is 25.2 Å². The van der Waals surface area contributed by atoms with Crippen molar-refractivity contribution >= 4 is 17.1 Å². The van der Waals surface area contributed by atoms with Crippen molar-refractivity contribution in [1.29, 1.82) is 0 Å². The fourth-order valence-corrected chi connectivity index (χ4v) is 2.25. The number of aliphatic hydroxyl groups is 1. The van der Waals surface area contributed by atoms with Crippen LogP contribution in [0.2, 0.25) is 0 Å². The van der Waals surface area contributed by atoms with Crippen LogP contribution in [-0.2, 0) is 0 Å². The molecule has 1 aromatic carbocycles. The molecular formula is C12H17N3O3. The summed E-state index contributed by atoms with van der Waals surface area (Å²) in [6.07, 6.45) is 2.71. The molecule has 0 heterocycles. The van der Waals surface area contributed by atoms with E-state index in [0.717, 1.165) is 19.3 Å². The Bertz CT molecular complexity index is 452. The van der Waals surface area contributed by atoms with Crippen LogP contribution in [0.15, 0.2) is 18.2 Å². The zero-order valence-electron chi connectivity index (χ0n) is 10.3. The third-order valence-electron chi connectivity index (χ3n) is 3.50. The lowest BCUT2D eigenvalue weighted by Crippen LogP contribution is -2.48. The number of nitrogens with one attached hydrogen (secondary N) is 2. The summed E-state index contributed by atoms with van der Waals surface area (Å²) in [5.41, 5.74) is 0.564. The van der Waals surface area contributed by atoms with Gasteiger partial charge >= 0.3 is 5.69 Å². The first kappa shape index (κ1) is 12.6. The highest BCUT2D eigenvalue weighted by Gasteiger charge is 2.38. The summed E-state index contributed by atoms with van der Waals surface area (Å²) >= 11 is 0. The fourth-order valence-electron chi connectivity index (χ4n) is 2.25. The molecule has 0 bridgehead atoms. The highest BCUT2D eigenvalue weighted by Crippen LogP contribution is 2.39. The number of nitro benzene ring substituents is 1. The first-order valence-corrected chi connectivity index (χ1v) is 5.96. The Morgan fingerprint density at radius 3 is 2.56 bits per heavy atom. The smallest absolute Gasteiger partial charge is 0.315 e. The van der Waals surface area contributed by atoms with Gasteiger partial charge in [0, 0.05) is 7.05 Å². The van der Waals surface area contributed by atoms with E-state index in [0.29, 0.717) is 11.4 Å². The van der Waals surface area contributed by atoms with Crippen LogP contribution in [0, 0.1) is 10.1 Å². The van der Waals surface area contributed by atoms with Crippen LogP contribution in [0.3, 0.4) is 0 Å². The minimum Gasteiger partial charge on any atom is -0.394 e. The number of anilines is 2. The minimum atomic E-state index is -0.405. The van der Waals surface area contributed by atoms with Crippen LogP contribution in [0.4, 0.5) is 17.1 Å². The van der Waals surface area contributed by atoms with Gasteiger partial charge in [0.15, 0.2) is 0 Å². The summed E-state index contributed by atoms with van der Waals surface area (Å²) in [5, 5.41) is 26.5. The van der Waals surface area contributed by atoms with Crippen LogP contribution >= 0.6 is 0 Å². The number of nitro groups is 1. The largest absolute Gasteiger partial charge is 0.394 e. The Hall–Kier alpha value is -1.82. The minimum absolute atomic E-state index is 0.00602. The van der Waals surface area contributed by atoms with Gasteiger partial charge in [0.2, 0.25) is 0 Å². The second kappa shape index (κ2) is 4.81. The summed E-state index contributed by atoms with van der Waals surface area (Å²) in [7, 11) is 1.65.